The third kappa shape index (κ3) is 4.41. The van der Waals surface area contributed by atoms with Crippen LogP contribution in [-0.4, -0.2) is 11.4 Å². The van der Waals surface area contributed by atoms with Gasteiger partial charge >= 0.3 is 0 Å². The molecule has 0 aliphatic heterocycles. The highest BCUT2D eigenvalue weighted by atomic mass is 35.5. The first-order valence-electron chi connectivity index (χ1n) is 7.60. The first-order valence-corrected chi connectivity index (χ1v) is 7.98. The van der Waals surface area contributed by atoms with E-state index in [0.29, 0.717) is 23.9 Å². The molecule has 3 N–H and O–H groups in total. The zero-order valence-electron chi connectivity index (χ0n) is 13.1. The molecule has 6 heteroatoms. The van der Waals surface area contributed by atoms with Crippen molar-refractivity contribution in [2.45, 2.75) is 31.5 Å². The molecule has 24 heavy (non-hydrogen) atoms. The average Bonchev–Trinajstić information content (AvgIpc) is 3.31. The van der Waals surface area contributed by atoms with Crippen LogP contribution in [0.1, 0.15) is 24.0 Å². The molecule has 4 nitrogen and oxygen atoms in total. The second-order valence-electron chi connectivity index (χ2n) is 5.83. The van der Waals surface area contributed by atoms with Gasteiger partial charge in [0.15, 0.2) is 0 Å². The fraction of sp³-hybridized carbons (Fsp3) is 0.278. The third-order valence-electron chi connectivity index (χ3n) is 4.02. The maximum absolute atomic E-state index is 12.0. The molecule has 1 aliphatic carbocycles. The van der Waals surface area contributed by atoms with Crippen LogP contribution in [0.15, 0.2) is 48.5 Å². The topological polar surface area (TPSA) is 64.4 Å². The Morgan fingerprint density at radius 3 is 2.42 bits per heavy atom. The highest BCUT2D eigenvalue weighted by Gasteiger charge is 2.45. The van der Waals surface area contributed by atoms with E-state index in [1.54, 1.807) is 6.07 Å². The van der Waals surface area contributed by atoms with Crippen LogP contribution < -0.4 is 15.8 Å². The summed E-state index contributed by atoms with van der Waals surface area (Å²) in [5.41, 5.74) is 7.26. The van der Waals surface area contributed by atoms with Gasteiger partial charge in [-0.25, -0.2) is 0 Å². The molecule has 2 aromatic carbocycles. The zero-order valence-corrected chi connectivity index (χ0v) is 14.7. The summed E-state index contributed by atoms with van der Waals surface area (Å²) in [5, 5.41) is 3.49. The van der Waals surface area contributed by atoms with E-state index in [4.69, 9.17) is 22.1 Å². The van der Waals surface area contributed by atoms with Crippen LogP contribution in [0.4, 0.5) is 0 Å². The zero-order chi connectivity index (χ0) is 16.3. The molecule has 1 aliphatic rings. The van der Waals surface area contributed by atoms with Gasteiger partial charge < -0.3 is 15.8 Å². The molecule has 0 spiro atoms. The van der Waals surface area contributed by atoms with Crippen molar-refractivity contribution < 1.29 is 9.53 Å². The van der Waals surface area contributed by atoms with Crippen LogP contribution in [0.2, 0.25) is 5.02 Å². The van der Waals surface area contributed by atoms with Crippen LogP contribution in [0, 0.1) is 0 Å². The van der Waals surface area contributed by atoms with E-state index >= 15 is 0 Å². The molecular formula is C18H20Cl2N2O2. The van der Waals surface area contributed by atoms with E-state index in [2.05, 4.69) is 5.32 Å². The molecule has 2 aromatic rings. The standard InChI is InChI=1S/C18H19ClN2O2.ClH/c19-15-7-3-4-8-16(15)23-12-14-6-2-1-5-13(14)11-21-17(22)18(20)9-10-18;/h1-8H,9-12,20H2,(H,21,22);1H. The molecule has 0 atom stereocenters. The van der Waals surface area contributed by atoms with Crippen LogP contribution in [0.3, 0.4) is 0 Å². The van der Waals surface area contributed by atoms with Crippen molar-refractivity contribution in [3.63, 3.8) is 0 Å². The van der Waals surface area contributed by atoms with Crippen molar-refractivity contribution in [1.82, 2.24) is 5.32 Å². The summed E-state index contributed by atoms with van der Waals surface area (Å²) < 4.78 is 5.78. The number of carbonyl (C=O) groups is 1. The number of nitrogens with one attached hydrogen (secondary N) is 1. The Labute approximate surface area is 152 Å². The van der Waals surface area contributed by atoms with Gasteiger partial charge in [-0.3, -0.25) is 4.79 Å². The summed E-state index contributed by atoms with van der Waals surface area (Å²) >= 11 is 6.09. The van der Waals surface area contributed by atoms with Crippen LogP contribution in [0.25, 0.3) is 0 Å². The fourth-order valence-electron chi connectivity index (χ4n) is 2.30. The second-order valence-corrected chi connectivity index (χ2v) is 6.23. The summed E-state index contributed by atoms with van der Waals surface area (Å²) in [6.45, 7) is 0.837. The van der Waals surface area contributed by atoms with Gasteiger partial charge in [0.1, 0.15) is 12.4 Å². The predicted octanol–water partition coefficient (Wildman–Crippen LogP) is 3.45. The van der Waals surface area contributed by atoms with Crippen LogP contribution in [-0.2, 0) is 17.9 Å². The number of amides is 1. The van der Waals surface area contributed by atoms with Gasteiger partial charge in [-0.1, -0.05) is 48.0 Å². The minimum absolute atomic E-state index is 0. The van der Waals surface area contributed by atoms with Gasteiger partial charge in [-0.2, -0.15) is 0 Å². The number of para-hydroxylation sites is 1. The number of carbonyl (C=O) groups excluding carboxylic acids is 1. The number of hydrogen-bond acceptors (Lipinski definition) is 3. The van der Waals surface area contributed by atoms with E-state index in [1.165, 1.54) is 0 Å². The minimum atomic E-state index is -0.650. The van der Waals surface area contributed by atoms with E-state index in [-0.39, 0.29) is 18.3 Å². The molecule has 0 aromatic heterocycles. The molecule has 1 fully saturated rings. The lowest BCUT2D eigenvalue weighted by Crippen LogP contribution is -2.42. The monoisotopic (exact) mass is 366 g/mol. The molecule has 0 bridgehead atoms. The molecule has 1 saturated carbocycles. The summed E-state index contributed by atoms with van der Waals surface area (Å²) in [4.78, 5) is 12.0. The molecule has 0 unspecified atom stereocenters. The van der Waals surface area contributed by atoms with E-state index in [0.717, 1.165) is 24.0 Å². The second kappa shape index (κ2) is 7.88. The average molecular weight is 367 g/mol. The van der Waals surface area contributed by atoms with Gasteiger partial charge in [0.05, 0.1) is 10.6 Å². The van der Waals surface area contributed by atoms with Gasteiger partial charge in [0, 0.05) is 6.54 Å². The third-order valence-corrected chi connectivity index (χ3v) is 4.33. The highest BCUT2D eigenvalue weighted by molar-refractivity contribution is 6.32. The predicted molar refractivity (Wildman–Crippen MR) is 97.5 cm³/mol. The molecule has 0 radical (unpaired) electrons. The molecule has 128 valence electrons. The fourth-order valence-corrected chi connectivity index (χ4v) is 2.49. The molecule has 1 amide bonds. The lowest BCUT2D eigenvalue weighted by atomic mass is 10.1. The summed E-state index contributed by atoms with van der Waals surface area (Å²) in [7, 11) is 0. The Kier molecular flexibility index (Phi) is 6.10. The first-order chi connectivity index (χ1) is 11.1. The van der Waals surface area contributed by atoms with Crippen molar-refractivity contribution in [2.75, 3.05) is 0 Å². The number of ether oxygens (including phenoxy) is 1. The highest BCUT2D eigenvalue weighted by Crippen LogP contribution is 2.32. The number of nitrogens with two attached hydrogens (primary N) is 1. The van der Waals surface area contributed by atoms with Crippen LogP contribution >= 0.6 is 24.0 Å². The minimum Gasteiger partial charge on any atom is -0.487 e. The van der Waals surface area contributed by atoms with Crippen molar-refractivity contribution >= 4 is 29.9 Å². The van der Waals surface area contributed by atoms with E-state index in [1.807, 2.05) is 42.5 Å². The lowest BCUT2D eigenvalue weighted by Gasteiger charge is -2.14. The van der Waals surface area contributed by atoms with Crippen molar-refractivity contribution in [2.24, 2.45) is 5.73 Å². The first kappa shape index (κ1) is 18.6. The SMILES string of the molecule is Cl.NC1(C(=O)NCc2ccccc2COc2ccccc2Cl)CC1. The maximum Gasteiger partial charge on any atom is 0.240 e. The number of halogens is 2. The largest absolute Gasteiger partial charge is 0.487 e. The quantitative estimate of drug-likeness (QED) is 0.822. The van der Waals surface area contributed by atoms with Gasteiger partial charge in [-0.15, -0.1) is 12.4 Å². The van der Waals surface area contributed by atoms with E-state index < -0.39 is 5.54 Å². The number of rotatable bonds is 6. The van der Waals surface area contributed by atoms with Gasteiger partial charge in [-0.05, 0) is 36.1 Å². The van der Waals surface area contributed by atoms with Crippen molar-refractivity contribution in [3.8, 4) is 5.75 Å². The van der Waals surface area contributed by atoms with Crippen molar-refractivity contribution in [1.29, 1.82) is 0 Å². The Morgan fingerprint density at radius 1 is 1.12 bits per heavy atom. The van der Waals surface area contributed by atoms with Gasteiger partial charge in [0.2, 0.25) is 5.91 Å². The summed E-state index contributed by atoms with van der Waals surface area (Å²) in [6.07, 6.45) is 1.52. The summed E-state index contributed by atoms with van der Waals surface area (Å²) in [6, 6.07) is 15.2. The van der Waals surface area contributed by atoms with Crippen LogP contribution in [0.5, 0.6) is 5.75 Å². The molecule has 0 heterocycles. The Morgan fingerprint density at radius 2 is 1.75 bits per heavy atom. The van der Waals surface area contributed by atoms with E-state index in [9.17, 15) is 4.79 Å². The van der Waals surface area contributed by atoms with Gasteiger partial charge in [0.25, 0.3) is 0 Å². The lowest BCUT2D eigenvalue weighted by molar-refractivity contribution is -0.123. The Bertz CT molecular complexity index is 718. The normalized spacial score (nSPS) is 14.4. The number of benzene rings is 2. The Balaban J connectivity index is 0.00000208. The molecule has 3 rings (SSSR count). The molecular weight excluding hydrogens is 347 g/mol. The smallest absolute Gasteiger partial charge is 0.240 e. The summed E-state index contributed by atoms with van der Waals surface area (Å²) in [5.74, 6) is 0.561. The molecule has 0 saturated heterocycles. The Hall–Kier alpha value is -1.75. The van der Waals surface area contributed by atoms with Crippen molar-refractivity contribution in [3.05, 3.63) is 64.7 Å². The maximum atomic E-state index is 12.0. The number of hydrogen-bond donors (Lipinski definition) is 2.